The van der Waals surface area contributed by atoms with Gasteiger partial charge in [0.05, 0.1) is 18.2 Å². The molecule has 0 aliphatic rings. The Kier molecular flexibility index (Phi) is 7.19. The zero-order valence-corrected chi connectivity index (χ0v) is 15.7. The molecule has 0 bridgehead atoms. The minimum absolute atomic E-state index is 0.297. The Balaban J connectivity index is 0.000000596. The van der Waals surface area contributed by atoms with E-state index in [-0.39, 0.29) is 0 Å². The fraction of sp³-hybridized carbons (Fsp3) is 0.300. The number of aryl methyl sites for hydroxylation is 1. The highest BCUT2D eigenvalue weighted by Crippen LogP contribution is 2.29. The maximum atomic E-state index is 11.6. The lowest BCUT2D eigenvalue weighted by molar-refractivity contribution is 0.1000. The van der Waals surface area contributed by atoms with Crippen molar-refractivity contribution in [3.8, 4) is 11.6 Å². The quantitative estimate of drug-likeness (QED) is 0.688. The molecule has 1 aromatic carbocycles. The largest absolute Gasteiger partial charge is 0.489 e. The lowest BCUT2D eigenvalue weighted by atomic mass is 10.1. The second-order valence-electron chi connectivity index (χ2n) is 5.74. The van der Waals surface area contributed by atoms with Crippen LogP contribution in [-0.2, 0) is 6.61 Å². The van der Waals surface area contributed by atoms with Crippen LogP contribution in [0.15, 0.2) is 40.9 Å². The zero-order valence-electron chi connectivity index (χ0n) is 15.7. The van der Waals surface area contributed by atoms with Crippen LogP contribution in [0.4, 0.5) is 0 Å². The molecule has 0 radical (unpaired) electrons. The monoisotopic (exact) mass is 372 g/mol. The summed E-state index contributed by atoms with van der Waals surface area (Å²) in [5.74, 6) is 1.10. The molecule has 0 saturated carbocycles. The number of carbonyl (C=O) groups excluding carboxylic acids is 1. The third-order valence-electron chi connectivity index (χ3n) is 3.74. The minimum atomic E-state index is -0.521. The van der Waals surface area contributed by atoms with Gasteiger partial charge in [-0.15, -0.1) is 0 Å². The van der Waals surface area contributed by atoms with E-state index in [1.165, 1.54) is 0 Å². The van der Waals surface area contributed by atoms with Crippen molar-refractivity contribution < 1.29 is 23.8 Å². The van der Waals surface area contributed by atoms with Gasteiger partial charge in [-0.3, -0.25) is 4.79 Å². The number of pyridine rings is 1. The smallest absolute Gasteiger partial charge is 0.252 e. The van der Waals surface area contributed by atoms with Crippen molar-refractivity contribution in [1.29, 1.82) is 0 Å². The molecule has 0 saturated heterocycles. The van der Waals surface area contributed by atoms with Crippen molar-refractivity contribution in [2.75, 3.05) is 13.7 Å². The van der Waals surface area contributed by atoms with E-state index in [0.29, 0.717) is 47.1 Å². The molecule has 3 aromatic rings. The number of aromatic nitrogens is 1. The molecule has 2 aromatic heterocycles. The highest BCUT2D eigenvalue weighted by molar-refractivity contribution is 6.06. The van der Waals surface area contributed by atoms with Crippen LogP contribution < -0.4 is 15.2 Å². The van der Waals surface area contributed by atoms with Crippen molar-refractivity contribution in [1.82, 2.24) is 4.98 Å². The summed E-state index contributed by atoms with van der Waals surface area (Å²) in [5.41, 5.74) is 7.22. The minimum Gasteiger partial charge on any atom is -0.489 e. The molecule has 3 N–H and O–H groups in total. The van der Waals surface area contributed by atoms with Crippen LogP contribution >= 0.6 is 0 Å². The van der Waals surface area contributed by atoms with E-state index in [4.69, 9.17) is 24.7 Å². The third kappa shape index (κ3) is 4.98. The number of ether oxygens (including phenoxy) is 2. The maximum absolute atomic E-state index is 11.6. The number of carbonyl (C=O) groups is 1. The van der Waals surface area contributed by atoms with E-state index in [0.717, 1.165) is 12.0 Å². The molecule has 0 fully saturated rings. The number of aliphatic hydroxyl groups is 1. The molecule has 0 unspecified atom stereocenters. The van der Waals surface area contributed by atoms with E-state index in [1.54, 1.807) is 38.4 Å². The molecule has 0 aliphatic heterocycles. The number of nitrogens with two attached hydrogens (primary N) is 1. The Bertz CT molecular complexity index is 903. The Morgan fingerprint density at radius 3 is 2.70 bits per heavy atom. The standard InChI is InChI=1S/C17H16N2O4.C3H8O/c1-10-15(16(18)20)13-8-12(5-6-14(13)23-10)22-9-11-4-3-7-19-17(11)21-2;1-2-3-4/h3-8H,9H2,1-2H3,(H2,18,20);4H,2-3H2,1H3. The summed E-state index contributed by atoms with van der Waals surface area (Å²) >= 11 is 0. The van der Waals surface area contributed by atoms with Crippen molar-refractivity contribution in [3.05, 3.63) is 53.4 Å². The van der Waals surface area contributed by atoms with Gasteiger partial charge in [0.25, 0.3) is 5.91 Å². The van der Waals surface area contributed by atoms with Gasteiger partial charge in [0.2, 0.25) is 5.88 Å². The molecular formula is C20H24N2O5. The van der Waals surface area contributed by atoms with Gasteiger partial charge in [0.1, 0.15) is 23.7 Å². The number of primary amides is 1. The molecule has 2 heterocycles. The van der Waals surface area contributed by atoms with Gasteiger partial charge in [0.15, 0.2) is 0 Å². The number of methoxy groups -OCH3 is 1. The highest BCUT2D eigenvalue weighted by atomic mass is 16.5. The molecule has 27 heavy (non-hydrogen) atoms. The lowest BCUT2D eigenvalue weighted by Gasteiger charge is -2.09. The first-order valence-corrected chi connectivity index (χ1v) is 8.56. The molecule has 3 rings (SSSR count). The molecule has 144 valence electrons. The van der Waals surface area contributed by atoms with E-state index in [1.807, 2.05) is 19.1 Å². The summed E-state index contributed by atoms with van der Waals surface area (Å²) in [7, 11) is 1.56. The predicted octanol–water partition coefficient (Wildman–Crippen LogP) is 3.21. The molecule has 7 heteroatoms. The van der Waals surface area contributed by atoms with E-state index in [9.17, 15) is 4.79 Å². The van der Waals surface area contributed by atoms with Crippen LogP contribution in [0.5, 0.6) is 11.6 Å². The first-order valence-electron chi connectivity index (χ1n) is 8.56. The van der Waals surface area contributed by atoms with Gasteiger partial charge in [-0.25, -0.2) is 4.98 Å². The fourth-order valence-corrected chi connectivity index (χ4v) is 2.47. The maximum Gasteiger partial charge on any atom is 0.252 e. The van der Waals surface area contributed by atoms with Gasteiger partial charge in [0, 0.05) is 18.2 Å². The number of nitrogens with zero attached hydrogens (tertiary/aromatic N) is 1. The van der Waals surface area contributed by atoms with Gasteiger partial charge >= 0.3 is 0 Å². The number of furan rings is 1. The summed E-state index contributed by atoms with van der Waals surface area (Å²) in [6, 6.07) is 8.97. The summed E-state index contributed by atoms with van der Waals surface area (Å²) in [4.78, 5) is 15.7. The van der Waals surface area contributed by atoms with Crippen molar-refractivity contribution in [2.45, 2.75) is 26.9 Å². The van der Waals surface area contributed by atoms with Crippen molar-refractivity contribution in [2.24, 2.45) is 5.73 Å². The summed E-state index contributed by atoms with van der Waals surface area (Å²) in [5, 5.41) is 8.52. The van der Waals surface area contributed by atoms with Gasteiger partial charge in [-0.05, 0) is 43.7 Å². The average molecular weight is 372 g/mol. The Hall–Kier alpha value is -3.06. The Labute approximate surface area is 157 Å². The van der Waals surface area contributed by atoms with Gasteiger partial charge in [-0.1, -0.05) is 6.92 Å². The third-order valence-corrected chi connectivity index (χ3v) is 3.74. The number of aliphatic hydroxyl groups excluding tert-OH is 1. The zero-order chi connectivity index (χ0) is 19.8. The van der Waals surface area contributed by atoms with Gasteiger partial charge < -0.3 is 24.7 Å². The molecule has 0 atom stereocenters. The van der Waals surface area contributed by atoms with Crippen molar-refractivity contribution >= 4 is 16.9 Å². The number of hydrogen-bond acceptors (Lipinski definition) is 6. The first-order chi connectivity index (χ1) is 13.0. The second-order valence-corrected chi connectivity index (χ2v) is 5.74. The number of hydrogen-bond donors (Lipinski definition) is 2. The average Bonchev–Trinajstić information content (AvgIpc) is 3.01. The van der Waals surface area contributed by atoms with E-state index < -0.39 is 5.91 Å². The second kappa shape index (κ2) is 9.59. The molecule has 1 amide bonds. The Morgan fingerprint density at radius 2 is 2.07 bits per heavy atom. The van der Waals surface area contributed by atoms with E-state index in [2.05, 4.69) is 4.98 Å². The van der Waals surface area contributed by atoms with Crippen LogP contribution in [0.2, 0.25) is 0 Å². The molecule has 0 spiro atoms. The normalized spacial score (nSPS) is 10.2. The molecule has 0 aliphatic carbocycles. The van der Waals surface area contributed by atoms with Crippen molar-refractivity contribution in [3.63, 3.8) is 0 Å². The van der Waals surface area contributed by atoms with Crippen LogP contribution in [-0.4, -0.2) is 29.7 Å². The number of benzene rings is 1. The van der Waals surface area contributed by atoms with Crippen LogP contribution in [0, 0.1) is 6.92 Å². The Morgan fingerprint density at radius 1 is 1.33 bits per heavy atom. The first kappa shape index (κ1) is 20.3. The highest BCUT2D eigenvalue weighted by Gasteiger charge is 2.16. The van der Waals surface area contributed by atoms with Crippen LogP contribution in [0.25, 0.3) is 11.0 Å². The van der Waals surface area contributed by atoms with Gasteiger partial charge in [-0.2, -0.15) is 0 Å². The lowest BCUT2D eigenvalue weighted by Crippen LogP contribution is -2.11. The van der Waals surface area contributed by atoms with E-state index >= 15 is 0 Å². The summed E-state index contributed by atoms with van der Waals surface area (Å²) in [6.45, 7) is 4.26. The SMILES string of the molecule is CCCO.COc1ncccc1COc1ccc2oc(C)c(C(N)=O)c2c1. The molecular weight excluding hydrogens is 348 g/mol. The fourth-order valence-electron chi connectivity index (χ4n) is 2.47. The topological polar surface area (TPSA) is 108 Å². The van der Waals surface area contributed by atoms with Crippen LogP contribution in [0.1, 0.15) is 35.0 Å². The molecule has 7 nitrogen and oxygen atoms in total. The number of fused-ring (bicyclic) bond motifs is 1. The van der Waals surface area contributed by atoms with Crippen LogP contribution in [0.3, 0.4) is 0 Å². The summed E-state index contributed by atoms with van der Waals surface area (Å²) in [6.07, 6.45) is 2.53. The predicted molar refractivity (Wildman–Crippen MR) is 102 cm³/mol. The number of rotatable bonds is 6. The summed E-state index contributed by atoms with van der Waals surface area (Å²) < 4.78 is 16.5. The number of amides is 1.